The van der Waals surface area contributed by atoms with Crippen molar-refractivity contribution in [2.24, 2.45) is 5.73 Å². The van der Waals surface area contributed by atoms with Crippen molar-refractivity contribution in [2.45, 2.75) is 13.0 Å². The van der Waals surface area contributed by atoms with E-state index in [0.29, 0.717) is 25.3 Å². The highest BCUT2D eigenvalue weighted by atomic mass is 32.1. The number of rotatable bonds is 5. The summed E-state index contributed by atoms with van der Waals surface area (Å²) in [6, 6.07) is 12.8. The van der Waals surface area contributed by atoms with Gasteiger partial charge in [-0.2, -0.15) is 0 Å². The summed E-state index contributed by atoms with van der Waals surface area (Å²) in [6.07, 6.45) is 0.609. The zero-order valence-electron chi connectivity index (χ0n) is 11.5. The van der Waals surface area contributed by atoms with Crippen LogP contribution in [0.15, 0.2) is 47.8 Å². The molecule has 0 amide bonds. The molecule has 108 valence electrons. The molecule has 2 nitrogen and oxygen atoms in total. The van der Waals surface area contributed by atoms with Gasteiger partial charge in [0.25, 0.3) is 0 Å². The van der Waals surface area contributed by atoms with Crippen LogP contribution in [0.1, 0.15) is 11.1 Å². The molecule has 0 spiro atoms. The molecule has 0 unspecified atom stereocenters. The van der Waals surface area contributed by atoms with E-state index in [0.717, 1.165) is 11.1 Å². The standard InChI is InChI=1S/C17H16FNOS/c18-14-5-6-16(12(9-14)7-8-19)20-10-13-11-21-17-4-2-1-3-15(13)17/h1-6,9,11H,7-8,10,19H2. The Hall–Kier alpha value is -1.91. The van der Waals surface area contributed by atoms with Crippen molar-refractivity contribution in [2.75, 3.05) is 6.54 Å². The van der Waals surface area contributed by atoms with Crippen LogP contribution in [0, 0.1) is 5.82 Å². The number of benzene rings is 2. The molecule has 0 atom stereocenters. The zero-order chi connectivity index (χ0) is 14.7. The van der Waals surface area contributed by atoms with Crippen LogP contribution in [0.25, 0.3) is 10.1 Å². The van der Waals surface area contributed by atoms with E-state index in [-0.39, 0.29) is 5.82 Å². The first-order valence-corrected chi connectivity index (χ1v) is 7.72. The average Bonchev–Trinajstić information content (AvgIpc) is 2.90. The van der Waals surface area contributed by atoms with Crippen LogP contribution < -0.4 is 10.5 Å². The van der Waals surface area contributed by atoms with Crippen molar-refractivity contribution in [1.82, 2.24) is 0 Å². The maximum absolute atomic E-state index is 13.3. The Balaban J connectivity index is 1.81. The number of thiophene rings is 1. The van der Waals surface area contributed by atoms with Gasteiger partial charge < -0.3 is 10.5 Å². The van der Waals surface area contributed by atoms with Crippen LogP contribution in [-0.2, 0) is 13.0 Å². The van der Waals surface area contributed by atoms with Crippen molar-refractivity contribution >= 4 is 21.4 Å². The van der Waals surface area contributed by atoms with Gasteiger partial charge in [-0.3, -0.25) is 0 Å². The lowest BCUT2D eigenvalue weighted by molar-refractivity contribution is 0.304. The van der Waals surface area contributed by atoms with E-state index in [2.05, 4.69) is 17.5 Å². The summed E-state index contributed by atoms with van der Waals surface area (Å²) in [4.78, 5) is 0. The highest BCUT2D eigenvalue weighted by Gasteiger charge is 2.08. The molecule has 0 saturated heterocycles. The predicted octanol–water partition coefficient (Wildman–Crippen LogP) is 4.12. The van der Waals surface area contributed by atoms with Gasteiger partial charge in [0, 0.05) is 10.3 Å². The van der Waals surface area contributed by atoms with Crippen molar-refractivity contribution in [3.8, 4) is 5.75 Å². The maximum atomic E-state index is 13.3. The Labute approximate surface area is 127 Å². The third-order valence-electron chi connectivity index (χ3n) is 3.38. The second-order valence-electron chi connectivity index (χ2n) is 4.84. The molecule has 1 heterocycles. The average molecular weight is 301 g/mol. The predicted molar refractivity (Wildman–Crippen MR) is 85.3 cm³/mol. The molecule has 0 bridgehead atoms. The minimum Gasteiger partial charge on any atom is -0.489 e. The van der Waals surface area contributed by atoms with Gasteiger partial charge in [0.05, 0.1) is 0 Å². The first-order valence-electron chi connectivity index (χ1n) is 6.84. The summed E-state index contributed by atoms with van der Waals surface area (Å²) in [7, 11) is 0. The molecule has 0 fully saturated rings. The van der Waals surface area contributed by atoms with E-state index >= 15 is 0 Å². The molecule has 2 aromatic carbocycles. The number of hydrogen-bond acceptors (Lipinski definition) is 3. The van der Waals surface area contributed by atoms with Crippen molar-refractivity contribution < 1.29 is 9.13 Å². The van der Waals surface area contributed by atoms with Crippen molar-refractivity contribution in [3.63, 3.8) is 0 Å². The van der Waals surface area contributed by atoms with Crippen LogP contribution in [0.3, 0.4) is 0 Å². The lowest BCUT2D eigenvalue weighted by atomic mass is 10.1. The van der Waals surface area contributed by atoms with E-state index in [1.807, 2.05) is 12.1 Å². The van der Waals surface area contributed by atoms with Gasteiger partial charge in [0.1, 0.15) is 18.2 Å². The van der Waals surface area contributed by atoms with Gasteiger partial charge in [-0.05, 0) is 53.6 Å². The second-order valence-corrected chi connectivity index (χ2v) is 5.75. The van der Waals surface area contributed by atoms with Gasteiger partial charge in [-0.25, -0.2) is 4.39 Å². The molecule has 4 heteroatoms. The Morgan fingerprint density at radius 1 is 1.10 bits per heavy atom. The summed E-state index contributed by atoms with van der Waals surface area (Å²) >= 11 is 1.71. The summed E-state index contributed by atoms with van der Waals surface area (Å²) < 4.78 is 20.4. The molecular formula is C17H16FNOS. The lowest BCUT2D eigenvalue weighted by Crippen LogP contribution is -2.06. The molecule has 0 aliphatic rings. The van der Waals surface area contributed by atoms with E-state index in [9.17, 15) is 4.39 Å². The molecule has 3 rings (SSSR count). The molecule has 3 aromatic rings. The first kappa shape index (κ1) is 14.0. The molecule has 0 aliphatic carbocycles. The number of hydrogen-bond donors (Lipinski definition) is 1. The molecule has 21 heavy (non-hydrogen) atoms. The fraction of sp³-hybridized carbons (Fsp3) is 0.176. The van der Waals surface area contributed by atoms with E-state index in [1.165, 1.54) is 22.2 Å². The van der Waals surface area contributed by atoms with E-state index < -0.39 is 0 Å². The van der Waals surface area contributed by atoms with Gasteiger partial charge >= 0.3 is 0 Å². The van der Waals surface area contributed by atoms with E-state index in [4.69, 9.17) is 10.5 Å². The first-order chi connectivity index (χ1) is 10.3. The Kier molecular flexibility index (Phi) is 4.18. The smallest absolute Gasteiger partial charge is 0.123 e. The summed E-state index contributed by atoms with van der Waals surface area (Å²) in [5.74, 6) is 0.448. The summed E-state index contributed by atoms with van der Waals surface area (Å²) in [6.45, 7) is 0.953. The van der Waals surface area contributed by atoms with Crippen LogP contribution in [0.2, 0.25) is 0 Å². The molecule has 0 aliphatic heterocycles. The lowest BCUT2D eigenvalue weighted by Gasteiger charge is -2.11. The fourth-order valence-corrected chi connectivity index (χ4v) is 3.29. The SMILES string of the molecule is NCCc1cc(F)ccc1OCc1csc2ccccc12. The molecule has 2 N–H and O–H groups in total. The number of halogens is 1. The third kappa shape index (κ3) is 3.06. The highest BCUT2D eigenvalue weighted by Crippen LogP contribution is 2.28. The van der Waals surface area contributed by atoms with Gasteiger partial charge in [0.2, 0.25) is 0 Å². The van der Waals surface area contributed by atoms with Crippen LogP contribution >= 0.6 is 11.3 Å². The fourth-order valence-electron chi connectivity index (χ4n) is 2.34. The molecule has 0 radical (unpaired) electrons. The third-order valence-corrected chi connectivity index (χ3v) is 4.39. The number of nitrogens with two attached hydrogens (primary N) is 1. The van der Waals surface area contributed by atoms with Crippen LogP contribution in [-0.4, -0.2) is 6.54 Å². The maximum Gasteiger partial charge on any atom is 0.123 e. The highest BCUT2D eigenvalue weighted by molar-refractivity contribution is 7.17. The molecule has 0 saturated carbocycles. The quantitative estimate of drug-likeness (QED) is 0.769. The zero-order valence-corrected chi connectivity index (χ0v) is 12.3. The largest absolute Gasteiger partial charge is 0.489 e. The Morgan fingerprint density at radius 3 is 2.81 bits per heavy atom. The van der Waals surface area contributed by atoms with Gasteiger partial charge in [-0.1, -0.05) is 18.2 Å². The molecular weight excluding hydrogens is 285 g/mol. The topological polar surface area (TPSA) is 35.2 Å². The number of ether oxygens (including phenoxy) is 1. The monoisotopic (exact) mass is 301 g/mol. The Bertz CT molecular complexity index is 753. The van der Waals surface area contributed by atoms with Gasteiger partial charge in [-0.15, -0.1) is 11.3 Å². The summed E-state index contributed by atoms with van der Waals surface area (Å²) in [5, 5.41) is 3.32. The summed E-state index contributed by atoms with van der Waals surface area (Å²) in [5.41, 5.74) is 7.54. The Morgan fingerprint density at radius 2 is 1.95 bits per heavy atom. The minimum absolute atomic E-state index is 0.258. The minimum atomic E-state index is -0.258. The van der Waals surface area contributed by atoms with Crippen LogP contribution in [0.4, 0.5) is 4.39 Å². The van der Waals surface area contributed by atoms with Crippen molar-refractivity contribution in [1.29, 1.82) is 0 Å². The van der Waals surface area contributed by atoms with Gasteiger partial charge in [0.15, 0.2) is 0 Å². The molecule has 1 aromatic heterocycles. The number of fused-ring (bicyclic) bond motifs is 1. The van der Waals surface area contributed by atoms with Crippen molar-refractivity contribution in [3.05, 3.63) is 64.8 Å². The second kappa shape index (κ2) is 6.24. The van der Waals surface area contributed by atoms with E-state index in [1.54, 1.807) is 17.4 Å². The normalized spacial score (nSPS) is 11.0. The van der Waals surface area contributed by atoms with Crippen LogP contribution in [0.5, 0.6) is 5.75 Å².